The number of imidazole rings is 1. The number of nitrogens with one attached hydrogen (secondary N) is 2. The maximum atomic E-state index is 12.6. The molecule has 1 aliphatic rings. The molecule has 31 heavy (non-hydrogen) atoms. The fourth-order valence-electron chi connectivity index (χ4n) is 3.94. The van der Waals surface area contributed by atoms with Gasteiger partial charge in [0.25, 0.3) is 0 Å². The van der Waals surface area contributed by atoms with Crippen LogP contribution < -0.4 is 10.2 Å². The Morgan fingerprint density at radius 2 is 1.94 bits per heavy atom. The zero-order chi connectivity index (χ0) is 21.0. The molecule has 1 amide bonds. The van der Waals surface area contributed by atoms with E-state index in [9.17, 15) is 4.79 Å². The largest absolute Gasteiger partial charge is 0.444 e. The first-order valence-electron chi connectivity index (χ1n) is 10.6. The Balaban J connectivity index is 1.43. The molecule has 3 heterocycles. The molecular weight excluding hydrogens is 408 g/mol. The van der Waals surface area contributed by atoms with Gasteiger partial charge in [0.1, 0.15) is 12.4 Å². The zero-order valence-corrected chi connectivity index (χ0v) is 18.0. The van der Waals surface area contributed by atoms with Crippen molar-refractivity contribution in [1.82, 2.24) is 9.97 Å². The van der Waals surface area contributed by atoms with Crippen molar-refractivity contribution in [3.63, 3.8) is 0 Å². The molecule has 4 aromatic rings. The highest BCUT2D eigenvalue weighted by atomic mass is 32.1. The number of aromatic nitrogens is 2. The van der Waals surface area contributed by atoms with Crippen molar-refractivity contribution < 1.29 is 9.53 Å². The normalized spacial score (nSPS) is 14.0. The number of carbonyl (C=O) groups excluding carboxylic acids is 1. The van der Waals surface area contributed by atoms with Crippen LogP contribution in [0.25, 0.3) is 21.7 Å². The average molecular weight is 433 g/mol. The lowest BCUT2D eigenvalue weighted by molar-refractivity contribution is 0.155. The Bertz CT molecular complexity index is 1170. The molecule has 1 saturated heterocycles. The second-order valence-corrected chi connectivity index (χ2v) is 8.63. The van der Waals surface area contributed by atoms with Gasteiger partial charge in [-0.3, -0.25) is 5.32 Å². The third kappa shape index (κ3) is 4.41. The average Bonchev–Trinajstić information content (AvgIpc) is 3.48. The van der Waals surface area contributed by atoms with E-state index < -0.39 is 6.09 Å². The van der Waals surface area contributed by atoms with Gasteiger partial charge in [0.15, 0.2) is 0 Å². The summed E-state index contributed by atoms with van der Waals surface area (Å²) in [5.41, 5.74) is 4.48. The lowest BCUT2D eigenvalue weighted by Gasteiger charge is -2.30. The fraction of sp³-hybridized carbons (Fsp3) is 0.250. The quantitative estimate of drug-likeness (QED) is 0.404. The number of aromatic amines is 1. The first-order valence-corrected chi connectivity index (χ1v) is 11.4. The van der Waals surface area contributed by atoms with Crippen LogP contribution in [0.1, 0.15) is 24.8 Å². The highest BCUT2D eigenvalue weighted by molar-refractivity contribution is 7.13. The van der Waals surface area contributed by atoms with Crippen molar-refractivity contribution in [1.29, 1.82) is 0 Å². The van der Waals surface area contributed by atoms with Gasteiger partial charge in [-0.1, -0.05) is 36.4 Å². The number of anilines is 2. The molecule has 0 spiro atoms. The summed E-state index contributed by atoms with van der Waals surface area (Å²) in [5, 5.41) is 5.00. The van der Waals surface area contributed by atoms with E-state index in [1.807, 2.05) is 53.9 Å². The summed E-state index contributed by atoms with van der Waals surface area (Å²) in [6.07, 6.45) is 3.09. The number of benzene rings is 2. The van der Waals surface area contributed by atoms with Crippen molar-refractivity contribution in [3.05, 3.63) is 65.5 Å². The topological polar surface area (TPSA) is 70.2 Å². The maximum absolute atomic E-state index is 12.6. The Morgan fingerprint density at radius 3 is 2.71 bits per heavy atom. The molecular formula is C24H24N4O2S. The molecule has 5 rings (SSSR count). The fourth-order valence-corrected chi connectivity index (χ4v) is 4.61. The van der Waals surface area contributed by atoms with E-state index in [4.69, 9.17) is 9.72 Å². The van der Waals surface area contributed by atoms with Crippen molar-refractivity contribution in [3.8, 4) is 10.7 Å². The Hall–Kier alpha value is -3.32. The zero-order valence-electron chi connectivity index (χ0n) is 17.1. The molecule has 1 fully saturated rings. The first kappa shape index (κ1) is 19.6. The molecule has 158 valence electrons. The standard InChI is InChI=1S/C24H24N4O2S/c29-24(30-16-17-8-3-1-4-9-17)27-20-14-18-19(15-21(20)28-11-5-2-6-12-28)26-23(25-18)22-10-7-13-31-22/h1,3-4,7-10,13-15H,2,5-6,11-12,16H2,(H,25,26)(H,27,29). The van der Waals surface area contributed by atoms with Gasteiger partial charge in [-0.15, -0.1) is 11.3 Å². The van der Waals surface area contributed by atoms with E-state index in [2.05, 4.69) is 21.3 Å². The van der Waals surface area contributed by atoms with Gasteiger partial charge in [-0.05, 0) is 48.4 Å². The summed E-state index contributed by atoms with van der Waals surface area (Å²) in [5.74, 6) is 0.846. The number of hydrogen-bond donors (Lipinski definition) is 2. The number of nitrogens with zero attached hydrogens (tertiary/aromatic N) is 2. The van der Waals surface area contributed by atoms with Gasteiger partial charge in [0, 0.05) is 13.1 Å². The Labute approximate surface area is 184 Å². The van der Waals surface area contributed by atoms with Crippen LogP contribution in [0.2, 0.25) is 0 Å². The third-order valence-electron chi connectivity index (χ3n) is 5.50. The van der Waals surface area contributed by atoms with Gasteiger partial charge < -0.3 is 14.6 Å². The number of H-pyrrole nitrogens is 1. The van der Waals surface area contributed by atoms with Crippen LogP contribution in [-0.4, -0.2) is 29.2 Å². The molecule has 0 saturated carbocycles. The summed E-state index contributed by atoms with van der Waals surface area (Å²) >= 11 is 1.65. The van der Waals surface area contributed by atoms with Crippen molar-refractivity contribution >= 4 is 39.8 Å². The predicted molar refractivity (Wildman–Crippen MR) is 126 cm³/mol. The van der Waals surface area contributed by atoms with E-state index in [1.165, 1.54) is 6.42 Å². The predicted octanol–water partition coefficient (Wildman–Crippen LogP) is 6.03. The highest BCUT2D eigenvalue weighted by Gasteiger charge is 2.19. The third-order valence-corrected chi connectivity index (χ3v) is 6.38. The minimum absolute atomic E-state index is 0.235. The number of carbonyl (C=O) groups is 1. The van der Waals surface area contributed by atoms with Crippen LogP contribution in [0.15, 0.2) is 60.0 Å². The van der Waals surface area contributed by atoms with Gasteiger partial charge in [0.2, 0.25) is 0 Å². The van der Waals surface area contributed by atoms with Crippen LogP contribution in [0.3, 0.4) is 0 Å². The minimum Gasteiger partial charge on any atom is -0.444 e. The molecule has 0 unspecified atom stereocenters. The summed E-state index contributed by atoms with van der Waals surface area (Å²) in [6.45, 7) is 2.19. The molecule has 1 aliphatic heterocycles. The summed E-state index contributed by atoms with van der Waals surface area (Å²) in [4.78, 5) is 24.2. The monoisotopic (exact) mass is 432 g/mol. The summed E-state index contributed by atoms with van der Waals surface area (Å²) in [7, 11) is 0. The second kappa shape index (κ2) is 8.81. The number of amides is 1. The number of rotatable bonds is 5. The molecule has 0 radical (unpaired) electrons. The molecule has 0 atom stereocenters. The molecule has 6 nitrogen and oxygen atoms in total. The molecule has 0 aliphatic carbocycles. The highest BCUT2D eigenvalue weighted by Crippen LogP contribution is 2.34. The number of hydrogen-bond acceptors (Lipinski definition) is 5. The van der Waals surface area contributed by atoms with E-state index in [1.54, 1.807) is 11.3 Å². The van der Waals surface area contributed by atoms with E-state index in [0.717, 1.165) is 64.6 Å². The molecule has 0 bridgehead atoms. The van der Waals surface area contributed by atoms with Crippen molar-refractivity contribution in [2.24, 2.45) is 0 Å². The van der Waals surface area contributed by atoms with E-state index in [-0.39, 0.29) is 6.61 Å². The molecule has 7 heteroatoms. The molecule has 2 N–H and O–H groups in total. The van der Waals surface area contributed by atoms with Crippen LogP contribution in [0.5, 0.6) is 0 Å². The summed E-state index contributed by atoms with van der Waals surface area (Å²) < 4.78 is 5.46. The Morgan fingerprint density at radius 1 is 1.10 bits per heavy atom. The smallest absolute Gasteiger partial charge is 0.412 e. The first-order chi connectivity index (χ1) is 15.3. The van der Waals surface area contributed by atoms with Crippen molar-refractivity contribution in [2.45, 2.75) is 25.9 Å². The number of fused-ring (bicyclic) bond motifs is 1. The van der Waals surface area contributed by atoms with Crippen molar-refractivity contribution in [2.75, 3.05) is 23.3 Å². The lowest BCUT2D eigenvalue weighted by atomic mass is 10.1. The maximum Gasteiger partial charge on any atom is 0.412 e. The molecule has 2 aromatic heterocycles. The summed E-state index contributed by atoms with van der Waals surface area (Å²) in [6, 6.07) is 17.8. The van der Waals surface area contributed by atoms with Crippen LogP contribution >= 0.6 is 11.3 Å². The van der Waals surface area contributed by atoms with Crippen LogP contribution in [0, 0.1) is 0 Å². The second-order valence-electron chi connectivity index (χ2n) is 7.68. The molecule has 2 aromatic carbocycles. The Kier molecular flexibility index (Phi) is 5.58. The van der Waals surface area contributed by atoms with Crippen LogP contribution in [-0.2, 0) is 11.3 Å². The van der Waals surface area contributed by atoms with Gasteiger partial charge in [-0.2, -0.15) is 0 Å². The SMILES string of the molecule is O=C(Nc1cc2nc(-c3cccs3)[nH]c2cc1N1CCCCC1)OCc1ccccc1. The minimum atomic E-state index is -0.463. The number of thiophene rings is 1. The van der Waals surface area contributed by atoms with Gasteiger partial charge >= 0.3 is 6.09 Å². The van der Waals surface area contributed by atoms with Gasteiger partial charge in [0.05, 0.1) is 27.3 Å². The van der Waals surface area contributed by atoms with E-state index >= 15 is 0 Å². The lowest BCUT2D eigenvalue weighted by Crippen LogP contribution is -2.30. The van der Waals surface area contributed by atoms with Gasteiger partial charge in [-0.25, -0.2) is 9.78 Å². The van der Waals surface area contributed by atoms with E-state index in [0.29, 0.717) is 0 Å². The number of piperidine rings is 1. The number of ether oxygens (including phenoxy) is 1. The van der Waals surface area contributed by atoms with Crippen LogP contribution in [0.4, 0.5) is 16.2 Å².